The van der Waals surface area contributed by atoms with Gasteiger partial charge in [0.05, 0.1) is 28.1 Å². The van der Waals surface area contributed by atoms with Gasteiger partial charge in [-0.3, -0.25) is 9.80 Å². The zero-order valence-electron chi connectivity index (χ0n) is 21.8. The highest BCUT2D eigenvalue weighted by atomic mass is 19.4. The molecular weight excluding hydrogens is 525 g/mol. The van der Waals surface area contributed by atoms with E-state index in [9.17, 15) is 18.0 Å². The molecular formula is C33H23F3N4O. The van der Waals surface area contributed by atoms with Crippen molar-refractivity contribution in [2.45, 2.75) is 13.1 Å². The Bertz CT molecular complexity index is 1960. The maximum Gasteiger partial charge on any atom is 0.454 e. The van der Waals surface area contributed by atoms with E-state index >= 15 is 0 Å². The Morgan fingerprint density at radius 2 is 1.41 bits per heavy atom. The van der Waals surface area contributed by atoms with Gasteiger partial charge in [0, 0.05) is 22.0 Å². The van der Waals surface area contributed by atoms with Gasteiger partial charge in [-0.2, -0.15) is 13.2 Å². The minimum absolute atomic E-state index is 0.374. The number of hydrogen-bond acceptors (Lipinski definition) is 4. The van der Waals surface area contributed by atoms with Crippen LogP contribution in [0.2, 0.25) is 0 Å². The molecule has 0 radical (unpaired) electrons. The fourth-order valence-corrected chi connectivity index (χ4v) is 5.57. The van der Waals surface area contributed by atoms with Crippen LogP contribution in [0, 0.1) is 6.92 Å². The Kier molecular flexibility index (Phi) is 5.62. The molecule has 1 aliphatic heterocycles. The van der Waals surface area contributed by atoms with Gasteiger partial charge in [0.2, 0.25) is 0 Å². The van der Waals surface area contributed by atoms with Crippen LogP contribution in [0.4, 0.5) is 30.2 Å². The first-order valence-electron chi connectivity index (χ1n) is 13.1. The number of aromatic nitrogens is 1. The number of carbonyl (C=O) groups is 1. The lowest BCUT2D eigenvalue weighted by Crippen LogP contribution is -2.31. The van der Waals surface area contributed by atoms with Gasteiger partial charge in [0.25, 0.3) is 5.78 Å². The first-order valence-corrected chi connectivity index (χ1v) is 13.1. The molecule has 0 amide bonds. The molecule has 5 aromatic carbocycles. The summed E-state index contributed by atoms with van der Waals surface area (Å²) in [4.78, 5) is 11.5. The minimum atomic E-state index is -4.89. The fraction of sp³-hybridized carbons (Fsp3) is 0.0606. The summed E-state index contributed by atoms with van der Waals surface area (Å²) < 4.78 is 40.6. The van der Waals surface area contributed by atoms with E-state index < -0.39 is 12.0 Å². The smallest absolute Gasteiger partial charge is 0.309 e. The minimum Gasteiger partial charge on any atom is -0.309 e. The highest BCUT2D eigenvalue weighted by Crippen LogP contribution is 2.39. The van der Waals surface area contributed by atoms with Gasteiger partial charge in [0.15, 0.2) is 0 Å². The van der Waals surface area contributed by atoms with Gasteiger partial charge in [-0.05, 0) is 66.1 Å². The van der Waals surface area contributed by atoms with Gasteiger partial charge >= 0.3 is 6.18 Å². The molecule has 0 bridgehead atoms. The molecule has 8 heteroatoms. The van der Waals surface area contributed by atoms with Crippen LogP contribution in [-0.2, 0) is 0 Å². The molecule has 2 N–H and O–H groups in total. The number of nitrogens with one attached hydrogen (secondary N) is 2. The molecule has 0 aliphatic carbocycles. The lowest BCUT2D eigenvalue weighted by molar-refractivity contribution is -0.0885. The van der Waals surface area contributed by atoms with E-state index in [1.807, 2.05) is 47.5 Å². The molecule has 0 fully saturated rings. The standard InChI is InChI=1S/C33H23F3N4O/c1-20-5-4-6-26-27-19-25(40-30-8-3-2-7-28(30)37-38-40)17-18-29(27)39(31(20)26)24-15-13-22(14-16-24)21-9-11-23(12-10-21)32(41)33(34,35)36/h2-19,37-38H,1H3. The molecule has 5 nitrogen and oxygen atoms in total. The summed E-state index contributed by atoms with van der Waals surface area (Å²) in [6.07, 6.45) is -4.89. The maximum absolute atomic E-state index is 12.8. The lowest BCUT2D eigenvalue weighted by atomic mass is 10.0. The highest BCUT2D eigenvalue weighted by molar-refractivity contribution is 6.11. The number of aryl methyl sites for hydroxylation is 1. The second-order valence-electron chi connectivity index (χ2n) is 10.0. The van der Waals surface area contributed by atoms with Crippen LogP contribution in [-0.4, -0.2) is 16.5 Å². The van der Waals surface area contributed by atoms with E-state index in [0.29, 0.717) is 0 Å². The van der Waals surface area contributed by atoms with Crippen LogP contribution >= 0.6 is 0 Å². The molecule has 7 rings (SSSR count). The number of benzene rings is 5. The first kappa shape index (κ1) is 24.9. The Hall–Kier alpha value is -5.08. The number of para-hydroxylation sites is 3. The number of fused-ring (bicyclic) bond motifs is 4. The molecule has 0 unspecified atom stereocenters. The Morgan fingerprint density at radius 1 is 0.732 bits per heavy atom. The van der Waals surface area contributed by atoms with Crippen LogP contribution in [0.5, 0.6) is 0 Å². The summed E-state index contributed by atoms with van der Waals surface area (Å²) in [6, 6.07) is 34.2. The van der Waals surface area contributed by atoms with E-state index in [4.69, 9.17) is 0 Å². The van der Waals surface area contributed by atoms with Crippen LogP contribution in [0.25, 0.3) is 38.6 Å². The van der Waals surface area contributed by atoms with Gasteiger partial charge in [-0.1, -0.05) is 66.7 Å². The first-order chi connectivity index (χ1) is 19.8. The van der Waals surface area contributed by atoms with Gasteiger partial charge in [-0.15, -0.1) is 5.53 Å². The van der Waals surface area contributed by atoms with Crippen LogP contribution in [0.15, 0.2) is 109 Å². The molecule has 2 heterocycles. The molecule has 1 aromatic heterocycles. The summed E-state index contributed by atoms with van der Waals surface area (Å²) in [7, 11) is 0. The number of hydrazine groups is 2. The van der Waals surface area contributed by atoms with E-state index in [-0.39, 0.29) is 5.56 Å². The predicted octanol–water partition coefficient (Wildman–Crippen LogP) is 8.49. The van der Waals surface area contributed by atoms with Crippen molar-refractivity contribution < 1.29 is 18.0 Å². The number of halogens is 3. The number of hydrogen-bond donors (Lipinski definition) is 2. The zero-order chi connectivity index (χ0) is 28.3. The van der Waals surface area contributed by atoms with Crippen molar-refractivity contribution in [1.82, 2.24) is 10.1 Å². The number of rotatable bonds is 4. The fourth-order valence-electron chi connectivity index (χ4n) is 5.57. The Morgan fingerprint density at radius 3 is 2.15 bits per heavy atom. The van der Waals surface area contributed by atoms with Gasteiger partial charge < -0.3 is 9.99 Å². The molecule has 0 saturated carbocycles. The molecule has 0 atom stereocenters. The van der Waals surface area contributed by atoms with Crippen molar-refractivity contribution in [3.05, 3.63) is 120 Å². The number of ketones is 1. The third-order valence-electron chi connectivity index (χ3n) is 7.54. The monoisotopic (exact) mass is 548 g/mol. The van der Waals surface area contributed by atoms with E-state index in [1.165, 1.54) is 12.1 Å². The van der Waals surface area contributed by atoms with E-state index in [2.05, 4.69) is 64.9 Å². The average Bonchev–Trinajstić information content (AvgIpc) is 3.56. The van der Waals surface area contributed by atoms with Crippen molar-refractivity contribution in [3.8, 4) is 16.8 Å². The van der Waals surface area contributed by atoms with Crippen molar-refractivity contribution in [3.63, 3.8) is 0 Å². The van der Waals surface area contributed by atoms with E-state index in [1.54, 1.807) is 12.1 Å². The zero-order valence-corrected chi connectivity index (χ0v) is 21.8. The molecule has 0 spiro atoms. The van der Waals surface area contributed by atoms with Gasteiger partial charge in [-0.25, -0.2) is 0 Å². The summed E-state index contributed by atoms with van der Waals surface area (Å²) in [6.45, 7) is 2.10. The third kappa shape index (κ3) is 4.11. The lowest BCUT2D eigenvalue weighted by Gasteiger charge is -2.18. The molecule has 0 saturated heterocycles. The van der Waals surface area contributed by atoms with Crippen molar-refractivity contribution >= 4 is 44.7 Å². The quantitative estimate of drug-likeness (QED) is 0.217. The molecule has 202 valence electrons. The number of carbonyl (C=O) groups excluding carboxylic acids is 1. The highest BCUT2D eigenvalue weighted by Gasteiger charge is 2.39. The van der Waals surface area contributed by atoms with Gasteiger partial charge in [0.1, 0.15) is 0 Å². The SMILES string of the molecule is Cc1cccc2c3cc(N4NNc5ccccc54)ccc3n(-c3ccc(-c4ccc(C(=O)C(F)(F)F)cc4)cc3)c12. The van der Waals surface area contributed by atoms with Crippen molar-refractivity contribution in [1.29, 1.82) is 0 Å². The number of Topliss-reactive ketones (excluding diaryl/α,β-unsaturated/α-hetero) is 1. The maximum atomic E-state index is 12.8. The molecule has 41 heavy (non-hydrogen) atoms. The van der Waals surface area contributed by atoms with E-state index in [0.717, 1.165) is 61.2 Å². The topological polar surface area (TPSA) is 49.3 Å². The molecule has 1 aliphatic rings. The predicted molar refractivity (Wildman–Crippen MR) is 157 cm³/mol. The largest absolute Gasteiger partial charge is 0.454 e. The number of anilines is 3. The van der Waals surface area contributed by atoms with Crippen LogP contribution < -0.4 is 16.0 Å². The van der Waals surface area contributed by atoms with Crippen molar-refractivity contribution in [2.24, 2.45) is 0 Å². The van der Waals surface area contributed by atoms with Crippen LogP contribution in [0.3, 0.4) is 0 Å². The molecule has 6 aromatic rings. The second-order valence-corrected chi connectivity index (χ2v) is 10.0. The Balaban J connectivity index is 1.29. The van der Waals surface area contributed by atoms with Crippen LogP contribution in [0.1, 0.15) is 15.9 Å². The number of nitrogens with zero attached hydrogens (tertiary/aromatic N) is 2. The normalized spacial score (nSPS) is 13.0. The Labute approximate surface area is 233 Å². The summed E-state index contributed by atoms with van der Waals surface area (Å²) in [5, 5.41) is 4.27. The second kappa shape index (κ2) is 9.25. The summed E-state index contributed by atoms with van der Waals surface area (Å²) >= 11 is 0. The summed E-state index contributed by atoms with van der Waals surface area (Å²) in [5.41, 5.74) is 15.0. The summed E-state index contributed by atoms with van der Waals surface area (Å²) in [5.74, 6) is -1.84. The average molecular weight is 549 g/mol. The third-order valence-corrected chi connectivity index (χ3v) is 7.54. The number of alkyl halides is 3. The van der Waals surface area contributed by atoms with Crippen molar-refractivity contribution in [2.75, 3.05) is 10.4 Å².